The summed E-state index contributed by atoms with van der Waals surface area (Å²) in [6, 6.07) is 0. The standard InChI is InChI=1S/C43H64O15/c1-3-5-7-9-11-13-14-15-16-18-20-22-24-26-35(46)56-31(28-53-34(45)25-23-21-19-17-12-10-8-6-4-2)29-54-42-41(52)39(50)37(48)33(58-42)30-55-43-40(51)38(49)36(47)32(27-44)57-43/h5-9,11-18,20-21,23,31-33,36-44,47-52H,3-4,10,19,22,24-30H2,1-2H3/b7-5+,8-6+,11-9+,14-13+,16-15+,17-12+,20-18+,23-21+/t31?,32-,33-,36+,37+,38?,39?,40?,41?,42-,43-/m1/s1. The van der Waals surface area contributed by atoms with Crippen molar-refractivity contribution in [2.24, 2.45) is 0 Å². The minimum Gasteiger partial charge on any atom is -0.461 e. The summed E-state index contributed by atoms with van der Waals surface area (Å²) in [5.41, 5.74) is 0. The van der Waals surface area contributed by atoms with Gasteiger partial charge in [0.1, 0.15) is 55.4 Å². The van der Waals surface area contributed by atoms with Gasteiger partial charge in [0.2, 0.25) is 0 Å². The summed E-state index contributed by atoms with van der Waals surface area (Å²) in [7, 11) is 0. The smallest absolute Gasteiger partial charge is 0.309 e. The van der Waals surface area contributed by atoms with Gasteiger partial charge in [0.05, 0.1) is 26.2 Å². The van der Waals surface area contributed by atoms with Gasteiger partial charge in [-0.05, 0) is 38.5 Å². The number of unbranched alkanes of at least 4 members (excludes halogenated alkanes) is 1. The van der Waals surface area contributed by atoms with Crippen molar-refractivity contribution >= 4 is 11.9 Å². The maximum atomic E-state index is 12.8. The Balaban J connectivity index is 1.98. The first-order valence-electron chi connectivity index (χ1n) is 19.9. The Morgan fingerprint density at radius 3 is 1.74 bits per heavy atom. The van der Waals surface area contributed by atoms with Crippen LogP contribution >= 0.6 is 0 Å². The highest BCUT2D eigenvalue weighted by Crippen LogP contribution is 2.26. The van der Waals surface area contributed by atoms with Crippen LogP contribution in [0.15, 0.2) is 97.2 Å². The predicted molar refractivity (Wildman–Crippen MR) is 215 cm³/mol. The number of carbonyl (C=O) groups is 2. The first-order valence-corrected chi connectivity index (χ1v) is 19.9. The van der Waals surface area contributed by atoms with Crippen molar-refractivity contribution in [3.8, 4) is 0 Å². The van der Waals surface area contributed by atoms with Crippen molar-refractivity contribution in [2.45, 2.75) is 133 Å². The lowest BCUT2D eigenvalue weighted by Gasteiger charge is -2.42. The van der Waals surface area contributed by atoms with E-state index < -0.39 is 99.3 Å². The molecule has 0 aromatic rings. The molecule has 2 fully saturated rings. The highest BCUT2D eigenvalue weighted by molar-refractivity contribution is 5.71. The van der Waals surface area contributed by atoms with E-state index in [0.29, 0.717) is 19.3 Å². The van der Waals surface area contributed by atoms with E-state index in [1.165, 1.54) is 0 Å². The lowest BCUT2D eigenvalue weighted by atomic mass is 9.98. The summed E-state index contributed by atoms with van der Waals surface area (Å²) in [5, 5.41) is 71.6. The van der Waals surface area contributed by atoms with Crippen LogP contribution in [0.3, 0.4) is 0 Å². The molecule has 11 atom stereocenters. The molecule has 2 aliphatic heterocycles. The van der Waals surface area contributed by atoms with E-state index in [2.05, 4.69) is 32.1 Å². The molecule has 0 aliphatic carbocycles. The van der Waals surface area contributed by atoms with Crippen molar-refractivity contribution in [3.63, 3.8) is 0 Å². The molecule has 326 valence electrons. The molecule has 15 nitrogen and oxygen atoms in total. The highest BCUT2D eigenvalue weighted by atomic mass is 16.7. The minimum atomic E-state index is -1.79. The van der Waals surface area contributed by atoms with E-state index in [1.54, 1.807) is 6.08 Å². The van der Waals surface area contributed by atoms with Gasteiger partial charge >= 0.3 is 11.9 Å². The second-order valence-electron chi connectivity index (χ2n) is 13.5. The Hall–Kier alpha value is -3.58. The van der Waals surface area contributed by atoms with Gasteiger partial charge in [-0.15, -0.1) is 0 Å². The summed E-state index contributed by atoms with van der Waals surface area (Å²) < 4.78 is 33.0. The van der Waals surface area contributed by atoms with Crippen molar-refractivity contribution in [1.82, 2.24) is 0 Å². The normalized spacial score (nSPS) is 29.1. The number of aliphatic hydroxyl groups excluding tert-OH is 7. The predicted octanol–water partition coefficient (Wildman–Crippen LogP) is 2.69. The molecule has 15 heteroatoms. The molecule has 0 amide bonds. The molecule has 7 N–H and O–H groups in total. The molecular formula is C43H64O15. The Morgan fingerprint density at radius 2 is 1.12 bits per heavy atom. The molecule has 2 aliphatic rings. The summed E-state index contributed by atoms with van der Waals surface area (Å²) in [6.07, 6.45) is 18.2. The van der Waals surface area contributed by atoms with Crippen LogP contribution in [-0.2, 0) is 38.0 Å². The third-order valence-corrected chi connectivity index (χ3v) is 8.72. The van der Waals surface area contributed by atoms with Crippen LogP contribution in [0, 0.1) is 0 Å². The minimum absolute atomic E-state index is 0.0284. The number of aliphatic hydroxyl groups is 7. The molecule has 5 unspecified atom stereocenters. The number of rotatable bonds is 26. The average molecular weight is 821 g/mol. The van der Waals surface area contributed by atoms with Crippen molar-refractivity contribution < 1.29 is 73.8 Å². The van der Waals surface area contributed by atoms with Crippen LogP contribution in [-0.4, -0.2) is 142 Å². The molecule has 0 saturated carbocycles. The van der Waals surface area contributed by atoms with E-state index in [0.717, 1.165) is 19.3 Å². The number of ether oxygens (including phenoxy) is 6. The van der Waals surface area contributed by atoms with Crippen LogP contribution in [0.5, 0.6) is 0 Å². The number of hydrogen-bond donors (Lipinski definition) is 7. The van der Waals surface area contributed by atoms with Gasteiger partial charge in [-0.1, -0.05) is 111 Å². The van der Waals surface area contributed by atoms with Crippen LogP contribution < -0.4 is 0 Å². The van der Waals surface area contributed by atoms with E-state index in [9.17, 15) is 45.3 Å². The Bertz CT molecular complexity index is 1380. The van der Waals surface area contributed by atoms with Crippen LogP contribution in [0.2, 0.25) is 0 Å². The highest BCUT2D eigenvalue weighted by Gasteiger charge is 2.47. The fourth-order valence-corrected chi connectivity index (χ4v) is 5.42. The zero-order valence-corrected chi connectivity index (χ0v) is 33.5. The molecular weight excluding hydrogens is 756 g/mol. The monoisotopic (exact) mass is 820 g/mol. The average Bonchev–Trinajstić information content (AvgIpc) is 3.21. The van der Waals surface area contributed by atoms with Gasteiger partial charge in [-0.2, -0.15) is 0 Å². The SMILES string of the molecule is CC/C=C/C=C/C=C/C=C/C=C/CCCC(=O)OC(COC(=O)C/C=C/C/C=C/C/C=C/CC)CO[C@@H]1O[C@H](CO[C@@H]2O[C@H](CO)[C@H](O)C(O)C2O)[C@H](O)C(O)C1O. The van der Waals surface area contributed by atoms with Gasteiger partial charge in [0, 0.05) is 6.42 Å². The van der Waals surface area contributed by atoms with Crippen molar-refractivity contribution in [3.05, 3.63) is 97.2 Å². The zero-order valence-electron chi connectivity index (χ0n) is 33.5. The first-order chi connectivity index (χ1) is 28.0. The lowest BCUT2D eigenvalue weighted by molar-refractivity contribution is -0.332. The zero-order chi connectivity index (χ0) is 42.5. The van der Waals surface area contributed by atoms with Crippen LogP contribution in [0.4, 0.5) is 0 Å². The molecule has 2 heterocycles. The molecule has 0 bridgehead atoms. The Labute approximate surface area is 341 Å². The maximum Gasteiger partial charge on any atom is 0.309 e. The second kappa shape index (κ2) is 30.5. The van der Waals surface area contributed by atoms with E-state index in [-0.39, 0.29) is 19.4 Å². The summed E-state index contributed by atoms with van der Waals surface area (Å²) in [6.45, 7) is 2.05. The molecule has 0 radical (unpaired) electrons. The molecule has 2 rings (SSSR count). The third-order valence-electron chi connectivity index (χ3n) is 8.72. The lowest BCUT2D eigenvalue weighted by Crippen LogP contribution is -2.61. The second-order valence-corrected chi connectivity index (χ2v) is 13.5. The van der Waals surface area contributed by atoms with Crippen LogP contribution in [0.25, 0.3) is 0 Å². The quantitative estimate of drug-likeness (QED) is 0.0288. The van der Waals surface area contributed by atoms with E-state index in [1.807, 2.05) is 72.9 Å². The number of hydrogen-bond acceptors (Lipinski definition) is 15. The van der Waals surface area contributed by atoms with Crippen molar-refractivity contribution in [1.29, 1.82) is 0 Å². The fourth-order valence-electron chi connectivity index (χ4n) is 5.42. The fraction of sp³-hybridized carbons (Fsp3) is 0.581. The maximum absolute atomic E-state index is 12.8. The number of carbonyl (C=O) groups excluding carboxylic acids is 2. The molecule has 0 spiro atoms. The summed E-state index contributed by atoms with van der Waals surface area (Å²) >= 11 is 0. The largest absolute Gasteiger partial charge is 0.461 e. The number of allylic oxidation sites excluding steroid dienone is 15. The van der Waals surface area contributed by atoms with Gasteiger partial charge < -0.3 is 64.2 Å². The molecule has 0 aromatic heterocycles. The van der Waals surface area contributed by atoms with Gasteiger partial charge in [-0.25, -0.2) is 0 Å². The van der Waals surface area contributed by atoms with Gasteiger partial charge in [0.15, 0.2) is 18.7 Å². The van der Waals surface area contributed by atoms with Gasteiger partial charge in [-0.3, -0.25) is 9.59 Å². The summed E-state index contributed by atoms with van der Waals surface area (Å²) in [5.74, 6) is -1.17. The van der Waals surface area contributed by atoms with E-state index >= 15 is 0 Å². The third kappa shape index (κ3) is 19.9. The molecule has 58 heavy (non-hydrogen) atoms. The van der Waals surface area contributed by atoms with Crippen molar-refractivity contribution in [2.75, 3.05) is 26.4 Å². The number of esters is 2. The topological polar surface area (TPSA) is 231 Å². The first kappa shape index (κ1) is 50.6. The molecule has 0 aromatic carbocycles. The Kier molecular flexibility index (Phi) is 26.6. The van der Waals surface area contributed by atoms with E-state index in [4.69, 9.17) is 28.4 Å². The van der Waals surface area contributed by atoms with Gasteiger partial charge in [0.25, 0.3) is 0 Å². The summed E-state index contributed by atoms with van der Waals surface area (Å²) in [4.78, 5) is 25.3. The Morgan fingerprint density at radius 1 is 0.586 bits per heavy atom. The molecule has 2 saturated heterocycles. The van der Waals surface area contributed by atoms with Crippen LogP contribution in [0.1, 0.15) is 65.2 Å².